The molecule has 80 valence electrons. The van der Waals surface area contributed by atoms with Gasteiger partial charge in [0.2, 0.25) is 5.91 Å². The summed E-state index contributed by atoms with van der Waals surface area (Å²) in [6.45, 7) is 1.35. The monoisotopic (exact) mass is 339 g/mol. The molecule has 0 saturated heterocycles. The van der Waals surface area contributed by atoms with Crippen LogP contribution in [0.3, 0.4) is 0 Å². The van der Waals surface area contributed by atoms with Gasteiger partial charge in [-0.2, -0.15) is 0 Å². The number of halogens is 2. The van der Waals surface area contributed by atoms with Gasteiger partial charge in [0.25, 0.3) is 0 Å². The fraction of sp³-hybridized carbons (Fsp3) is 0.111. The van der Waals surface area contributed by atoms with E-state index >= 15 is 0 Å². The molecule has 6 heteroatoms. The quantitative estimate of drug-likeness (QED) is 0.814. The van der Waals surface area contributed by atoms with Gasteiger partial charge in [0.05, 0.1) is 10.6 Å². The van der Waals surface area contributed by atoms with Crippen molar-refractivity contribution in [2.24, 2.45) is 0 Å². The first kappa shape index (κ1) is 12.3. The standard InChI is InChI=1S/C9H7ClINO3/c1-4(13)12-5-2-6(9(14)15)8(10)7(11)3-5/h2-3H,1H3,(H,12,13)(H,14,15). The molecule has 0 radical (unpaired) electrons. The molecule has 1 amide bonds. The third-order valence-corrected chi connectivity index (χ3v) is 3.16. The Hall–Kier alpha value is -0.820. The Kier molecular flexibility index (Phi) is 3.92. The highest BCUT2D eigenvalue weighted by molar-refractivity contribution is 14.1. The highest BCUT2D eigenvalue weighted by Crippen LogP contribution is 2.27. The summed E-state index contributed by atoms with van der Waals surface area (Å²) in [7, 11) is 0. The molecule has 0 saturated carbocycles. The first-order chi connectivity index (χ1) is 6.91. The molecule has 0 aliphatic rings. The lowest BCUT2D eigenvalue weighted by Gasteiger charge is -2.07. The predicted molar refractivity (Wildman–Crippen MR) is 65.4 cm³/mol. The number of amides is 1. The summed E-state index contributed by atoms with van der Waals surface area (Å²) in [6, 6.07) is 2.94. The molecule has 0 atom stereocenters. The summed E-state index contributed by atoms with van der Waals surface area (Å²) in [4.78, 5) is 21.6. The van der Waals surface area contributed by atoms with E-state index in [1.54, 1.807) is 6.07 Å². The Morgan fingerprint density at radius 3 is 2.53 bits per heavy atom. The van der Waals surface area contributed by atoms with Crippen LogP contribution >= 0.6 is 34.2 Å². The molecular formula is C9H7ClINO3. The SMILES string of the molecule is CC(=O)Nc1cc(I)c(Cl)c(C(=O)O)c1. The molecule has 0 fully saturated rings. The molecule has 0 spiro atoms. The first-order valence-electron chi connectivity index (χ1n) is 3.91. The van der Waals surface area contributed by atoms with Crippen LogP contribution in [-0.2, 0) is 4.79 Å². The Labute approximate surface area is 105 Å². The third kappa shape index (κ3) is 3.07. The van der Waals surface area contributed by atoms with Gasteiger partial charge in [0, 0.05) is 16.2 Å². The van der Waals surface area contributed by atoms with Gasteiger partial charge in [-0.05, 0) is 34.7 Å². The average Bonchev–Trinajstić information content (AvgIpc) is 2.09. The molecule has 1 rings (SSSR count). The van der Waals surface area contributed by atoms with Crippen molar-refractivity contribution in [1.82, 2.24) is 0 Å². The number of carboxylic acids is 1. The fourth-order valence-electron chi connectivity index (χ4n) is 1.02. The molecule has 1 aromatic rings. The lowest BCUT2D eigenvalue weighted by atomic mass is 10.2. The van der Waals surface area contributed by atoms with Crippen molar-refractivity contribution >= 4 is 51.8 Å². The van der Waals surface area contributed by atoms with E-state index in [9.17, 15) is 9.59 Å². The maximum Gasteiger partial charge on any atom is 0.337 e. The number of aromatic carboxylic acids is 1. The lowest BCUT2D eigenvalue weighted by molar-refractivity contribution is -0.114. The zero-order valence-electron chi connectivity index (χ0n) is 7.67. The second-order valence-corrected chi connectivity index (χ2v) is 4.35. The summed E-state index contributed by atoms with van der Waals surface area (Å²) in [6.07, 6.45) is 0. The number of nitrogens with one attached hydrogen (secondary N) is 1. The first-order valence-corrected chi connectivity index (χ1v) is 5.37. The third-order valence-electron chi connectivity index (χ3n) is 1.58. The molecule has 0 heterocycles. The summed E-state index contributed by atoms with van der Waals surface area (Å²) >= 11 is 7.70. The number of hydrogen-bond donors (Lipinski definition) is 2. The Morgan fingerprint density at radius 1 is 1.47 bits per heavy atom. The molecule has 0 aliphatic carbocycles. The second-order valence-electron chi connectivity index (χ2n) is 2.81. The van der Waals surface area contributed by atoms with Gasteiger partial charge in [0.15, 0.2) is 0 Å². The number of hydrogen-bond acceptors (Lipinski definition) is 2. The normalized spacial score (nSPS) is 9.80. The molecular weight excluding hydrogens is 332 g/mol. The van der Waals surface area contributed by atoms with Crippen molar-refractivity contribution in [3.63, 3.8) is 0 Å². The van der Waals surface area contributed by atoms with Crippen LogP contribution in [0.4, 0.5) is 5.69 Å². The number of anilines is 1. The van der Waals surface area contributed by atoms with E-state index in [-0.39, 0.29) is 16.5 Å². The topological polar surface area (TPSA) is 66.4 Å². The minimum absolute atomic E-state index is 0.0210. The summed E-state index contributed by atoms with van der Waals surface area (Å²) in [5.74, 6) is -1.38. The minimum Gasteiger partial charge on any atom is -0.478 e. The van der Waals surface area contributed by atoms with Gasteiger partial charge in [-0.1, -0.05) is 11.6 Å². The van der Waals surface area contributed by atoms with Crippen LogP contribution in [0.5, 0.6) is 0 Å². The van der Waals surface area contributed by atoms with Gasteiger partial charge >= 0.3 is 5.97 Å². The Morgan fingerprint density at radius 2 is 2.07 bits per heavy atom. The molecule has 4 nitrogen and oxygen atoms in total. The van der Waals surface area contributed by atoms with Crippen LogP contribution in [0, 0.1) is 3.57 Å². The minimum atomic E-state index is -1.12. The maximum absolute atomic E-state index is 10.8. The van der Waals surface area contributed by atoms with E-state index < -0.39 is 5.97 Å². The zero-order chi connectivity index (χ0) is 11.6. The van der Waals surface area contributed by atoms with Crippen LogP contribution in [0.15, 0.2) is 12.1 Å². The van der Waals surface area contributed by atoms with E-state index in [1.165, 1.54) is 13.0 Å². The molecule has 1 aromatic carbocycles. The number of carbonyl (C=O) groups is 2. The molecule has 2 N–H and O–H groups in total. The number of benzene rings is 1. The van der Waals surface area contributed by atoms with Gasteiger partial charge in [0.1, 0.15) is 0 Å². The van der Waals surface area contributed by atoms with Crippen LogP contribution in [-0.4, -0.2) is 17.0 Å². The van der Waals surface area contributed by atoms with Crippen molar-refractivity contribution in [2.45, 2.75) is 6.92 Å². The van der Waals surface area contributed by atoms with Crippen molar-refractivity contribution in [3.05, 3.63) is 26.3 Å². The zero-order valence-corrected chi connectivity index (χ0v) is 10.6. The number of carbonyl (C=O) groups excluding carboxylic acids is 1. The second kappa shape index (κ2) is 4.80. The summed E-state index contributed by atoms with van der Waals surface area (Å²) < 4.78 is 0.581. The predicted octanol–water partition coefficient (Wildman–Crippen LogP) is 2.60. The van der Waals surface area contributed by atoms with Gasteiger partial charge < -0.3 is 10.4 Å². The molecule has 0 bridgehead atoms. The summed E-state index contributed by atoms with van der Waals surface area (Å²) in [5.41, 5.74) is 0.404. The molecule has 0 aromatic heterocycles. The highest BCUT2D eigenvalue weighted by Gasteiger charge is 2.13. The number of rotatable bonds is 2. The van der Waals surface area contributed by atoms with E-state index in [2.05, 4.69) is 5.32 Å². The number of carboxylic acid groups (broad SMARTS) is 1. The molecule has 0 unspecified atom stereocenters. The van der Waals surface area contributed by atoms with Gasteiger partial charge in [-0.25, -0.2) is 4.79 Å². The largest absolute Gasteiger partial charge is 0.478 e. The smallest absolute Gasteiger partial charge is 0.337 e. The van der Waals surface area contributed by atoms with Crippen LogP contribution in [0.2, 0.25) is 5.02 Å². The lowest BCUT2D eigenvalue weighted by Crippen LogP contribution is -2.08. The van der Waals surface area contributed by atoms with Crippen molar-refractivity contribution in [2.75, 3.05) is 5.32 Å². The molecule has 0 aliphatic heterocycles. The van der Waals surface area contributed by atoms with E-state index in [0.29, 0.717) is 9.26 Å². The fourth-order valence-corrected chi connectivity index (χ4v) is 1.84. The van der Waals surface area contributed by atoms with Crippen LogP contribution < -0.4 is 5.32 Å². The van der Waals surface area contributed by atoms with Gasteiger partial charge in [-0.3, -0.25) is 4.79 Å². The highest BCUT2D eigenvalue weighted by atomic mass is 127. The van der Waals surface area contributed by atoms with Crippen molar-refractivity contribution in [3.8, 4) is 0 Å². The molecule has 15 heavy (non-hydrogen) atoms. The van der Waals surface area contributed by atoms with Crippen LogP contribution in [0.25, 0.3) is 0 Å². The van der Waals surface area contributed by atoms with Gasteiger partial charge in [-0.15, -0.1) is 0 Å². The maximum atomic E-state index is 10.8. The van der Waals surface area contributed by atoms with Crippen molar-refractivity contribution in [1.29, 1.82) is 0 Å². The van der Waals surface area contributed by atoms with E-state index in [4.69, 9.17) is 16.7 Å². The Balaban J connectivity index is 3.23. The van der Waals surface area contributed by atoms with E-state index in [1.807, 2.05) is 22.6 Å². The van der Waals surface area contributed by atoms with E-state index in [0.717, 1.165) is 0 Å². The Bertz CT molecular complexity index is 434. The van der Waals surface area contributed by atoms with Crippen molar-refractivity contribution < 1.29 is 14.7 Å². The average molecular weight is 340 g/mol. The van der Waals surface area contributed by atoms with Crippen LogP contribution in [0.1, 0.15) is 17.3 Å². The summed E-state index contributed by atoms with van der Waals surface area (Å²) in [5, 5.41) is 11.5.